The molecule has 0 aliphatic carbocycles. The Labute approximate surface area is 105 Å². The van der Waals surface area contributed by atoms with E-state index in [4.69, 9.17) is 0 Å². The van der Waals surface area contributed by atoms with Crippen molar-refractivity contribution in [3.63, 3.8) is 0 Å². The van der Waals surface area contributed by atoms with E-state index in [-0.39, 0.29) is 5.78 Å². The molecular formula is C13H16O5. The van der Waals surface area contributed by atoms with Crippen molar-refractivity contribution in [3.8, 4) is 0 Å². The van der Waals surface area contributed by atoms with Gasteiger partial charge in [0.15, 0.2) is 6.10 Å². The highest BCUT2D eigenvalue weighted by Gasteiger charge is 2.26. The minimum absolute atomic E-state index is 0.0397. The van der Waals surface area contributed by atoms with Crippen LogP contribution in [0.25, 0.3) is 0 Å². The maximum Gasteiger partial charge on any atom is 0.337 e. The number of aliphatic hydroxyl groups excluding tert-OH is 2. The molecule has 0 radical (unpaired) electrons. The smallest absolute Gasteiger partial charge is 0.337 e. The van der Waals surface area contributed by atoms with Gasteiger partial charge < -0.3 is 14.9 Å². The van der Waals surface area contributed by atoms with Crippen molar-refractivity contribution >= 4 is 11.8 Å². The molecule has 1 aromatic carbocycles. The first-order valence-corrected chi connectivity index (χ1v) is 5.48. The lowest BCUT2D eigenvalue weighted by atomic mass is 10.0. The van der Waals surface area contributed by atoms with Crippen molar-refractivity contribution in [1.82, 2.24) is 0 Å². The molecule has 5 heteroatoms. The van der Waals surface area contributed by atoms with Crippen molar-refractivity contribution < 1.29 is 24.5 Å². The van der Waals surface area contributed by atoms with Crippen LogP contribution in [0.5, 0.6) is 0 Å². The minimum atomic E-state index is -1.62. The standard InChI is InChI=1S/C13H16O5/c1-8(14)7-9-3-5-10(6-4-9)11(15)12(16)13(17)18-2/h3-6,11-12,15-16H,7H2,1-2H3. The van der Waals surface area contributed by atoms with E-state index in [0.717, 1.165) is 12.7 Å². The number of ketones is 1. The fourth-order valence-electron chi connectivity index (χ4n) is 1.55. The first kappa shape index (κ1) is 14.3. The Balaban J connectivity index is 2.78. The van der Waals surface area contributed by atoms with Gasteiger partial charge in [-0.05, 0) is 18.1 Å². The lowest BCUT2D eigenvalue weighted by molar-refractivity contribution is -0.156. The number of hydrogen-bond acceptors (Lipinski definition) is 5. The topological polar surface area (TPSA) is 83.8 Å². The second-order valence-electron chi connectivity index (χ2n) is 4.03. The number of methoxy groups -OCH3 is 1. The first-order chi connectivity index (χ1) is 8.45. The predicted octanol–water partition coefficient (Wildman–Crippen LogP) is 0.385. The van der Waals surface area contributed by atoms with E-state index < -0.39 is 18.2 Å². The molecule has 2 unspecified atom stereocenters. The highest BCUT2D eigenvalue weighted by atomic mass is 16.5. The van der Waals surface area contributed by atoms with E-state index in [2.05, 4.69) is 4.74 Å². The fourth-order valence-corrected chi connectivity index (χ4v) is 1.55. The summed E-state index contributed by atoms with van der Waals surface area (Å²) in [6, 6.07) is 6.47. The van der Waals surface area contributed by atoms with E-state index in [1.807, 2.05) is 0 Å². The summed E-state index contributed by atoms with van der Waals surface area (Å²) in [5.74, 6) is -0.854. The molecule has 0 saturated carbocycles. The summed E-state index contributed by atoms with van der Waals surface area (Å²) in [6.45, 7) is 1.49. The largest absolute Gasteiger partial charge is 0.467 e. The number of rotatable bonds is 5. The molecule has 1 aromatic rings. The zero-order chi connectivity index (χ0) is 13.7. The van der Waals surface area contributed by atoms with Crippen molar-refractivity contribution in [2.75, 3.05) is 7.11 Å². The van der Waals surface area contributed by atoms with E-state index >= 15 is 0 Å². The highest BCUT2D eigenvalue weighted by molar-refractivity contribution is 5.78. The number of ether oxygens (including phenoxy) is 1. The quantitative estimate of drug-likeness (QED) is 0.740. The Morgan fingerprint density at radius 1 is 1.22 bits per heavy atom. The van der Waals surface area contributed by atoms with Crippen molar-refractivity contribution in [2.24, 2.45) is 0 Å². The van der Waals surface area contributed by atoms with E-state index in [1.165, 1.54) is 6.92 Å². The lowest BCUT2D eigenvalue weighted by Crippen LogP contribution is -2.29. The van der Waals surface area contributed by atoms with Gasteiger partial charge in [-0.15, -0.1) is 0 Å². The number of Topliss-reactive ketones (excluding diaryl/α,β-unsaturated/α-hetero) is 1. The number of benzene rings is 1. The maximum absolute atomic E-state index is 11.1. The van der Waals surface area contributed by atoms with E-state index in [0.29, 0.717) is 12.0 Å². The van der Waals surface area contributed by atoms with Gasteiger partial charge in [0.2, 0.25) is 0 Å². The average molecular weight is 252 g/mol. The lowest BCUT2D eigenvalue weighted by Gasteiger charge is -2.16. The van der Waals surface area contributed by atoms with Crippen LogP contribution in [0.4, 0.5) is 0 Å². The van der Waals surface area contributed by atoms with Crippen LogP contribution in [-0.4, -0.2) is 35.2 Å². The zero-order valence-corrected chi connectivity index (χ0v) is 10.3. The van der Waals surface area contributed by atoms with Crippen LogP contribution in [0.3, 0.4) is 0 Å². The van der Waals surface area contributed by atoms with Gasteiger partial charge in [0.1, 0.15) is 11.9 Å². The second-order valence-corrected chi connectivity index (χ2v) is 4.03. The van der Waals surface area contributed by atoms with Crippen molar-refractivity contribution in [1.29, 1.82) is 0 Å². The molecule has 18 heavy (non-hydrogen) atoms. The summed E-state index contributed by atoms with van der Waals surface area (Å²) in [5, 5.41) is 19.2. The van der Waals surface area contributed by atoms with Gasteiger partial charge in [-0.25, -0.2) is 4.79 Å². The molecular weight excluding hydrogens is 236 g/mol. The Bertz CT molecular complexity index is 424. The maximum atomic E-state index is 11.1. The van der Waals surface area contributed by atoms with Crippen molar-refractivity contribution in [2.45, 2.75) is 25.6 Å². The predicted molar refractivity (Wildman–Crippen MR) is 63.8 cm³/mol. The van der Waals surface area contributed by atoms with E-state index in [1.54, 1.807) is 24.3 Å². The first-order valence-electron chi connectivity index (χ1n) is 5.48. The number of aliphatic hydroxyl groups is 2. The third-order valence-electron chi connectivity index (χ3n) is 2.52. The summed E-state index contributed by atoms with van der Waals surface area (Å²) >= 11 is 0. The summed E-state index contributed by atoms with van der Waals surface area (Å²) in [4.78, 5) is 22.0. The van der Waals surface area contributed by atoms with Crippen LogP contribution in [0.1, 0.15) is 24.2 Å². The zero-order valence-electron chi connectivity index (χ0n) is 10.3. The Morgan fingerprint density at radius 2 is 1.78 bits per heavy atom. The normalized spacial score (nSPS) is 13.8. The molecule has 2 atom stereocenters. The Morgan fingerprint density at radius 3 is 2.22 bits per heavy atom. The average Bonchev–Trinajstić information content (AvgIpc) is 2.36. The minimum Gasteiger partial charge on any atom is -0.467 e. The molecule has 0 bridgehead atoms. The monoisotopic (exact) mass is 252 g/mol. The molecule has 5 nitrogen and oxygen atoms in total. The molecule has 0 spiro atoms. The molecule has 0 amide bonds. The van der Waals surface area contributed by atoms with Crippen LogP contribution < -0.4 is 0 Å². The number of hydrogen-bond donors (Lipinski definition) is 2. The molecule has 2 N–H and O–H groups in total. The summed E-state index contributed by atoms with van der Waals surface area (Å²) < 4.78 is 4.34. The third-order valence-corrected chi connectivity index (χ3v) is 2.52. The SMILES string of the molecule is COC(=O)C(O)C(O)c1ccc(CC(C)=O)cc1. The third kappa shape index (κ3) is 3.65. The van der Waals surface area contributed by atoms with Gasteiger partial charge in [0.05, 0.1) is 7.11 Å². The molecule has 1 rings (SSSR count). The Hall–Kier alpha value is -1.72. The summed E-state index contributed by atoms with van der Waals surface area (Å²) in [5.41, 5.74) is 1.20. The van der Waals surface area contributed by atoms with Crippen LogP contribution in [0, 0.1) is 0 Å². The number of carbonyl (C=O) groups is 2. The van der Waals surface area contributed by atoms with Gasteiger partial charge in [-0.1, -0.05) is 24.3 Å². The molecule has 0 aliphatic rings. The van der Waals surface area contributed by atoms with Crippen LogP contribution in [0.2, 0.25) is 0 Å². The van der Waals surface area contributed by atoms with Crippen LogP contribution in [0.15, 0.2) is 24.3 Å². The van der Waals surface area contributed by atoms with Crippen LogP contribution in [-0.2, 0) is 20.7 Å². The Kier molecular flexibility index (Phi) is 5.00. The van der Waals surface area contributed by atoms with Gasteiger partial charge >= 0.3 is 5.97 Å². The second kappa shape index (κ2) is 6.28. The molecule has 0 fully saturated rings. The summed E-state index contributed by atoms with van der Waals surface area (Å²) in [7, 11) is 1.13. The number of carbonyl (C=O) groups excluding carboxylic acids is 2. The van der Waals surface area contributed by atoms with Gasteiger partial charge in [0, 0.05) is 6.42 Å². The fraction of sp³-hybridized carbons (Fsp3) is 0.385. The molecule has 0 saturated heterocycles. The summed E-state index contributed by atoms with van der Waals surface area (Å²) in [6.07, 6.45) is -2.65. The highest BCUT2D eigenvalue weighted by Crippen LogP contribution is 2.18. The van der Waals surface area contributed by atoms with Crippen molar-refractivity contribution in [3.05, 3.63) is 35.4 Å². The molecule has 0 heterocycles. The molecule has 0 aromatic heterocycles. The van der Waals surface area contributed by atoms with Crippen LogP contribution >= 0.6 is 0 Å². The molecule has 98 valence electrons. The van der Waals surface area contributed by atoms with Gasteiger partial charge in [-0.3, -0.25) is 4.79 Å². The number of esters is 1. The van der Waals surface area contributed by atoms with E-state index in [9.17, 15) is 19.8 Å². The van der Waals surface area contributed by atoms with Gasteiger partial charge in [-0.2, -0.15) is 0 Å². The molecule has 0 aliphatic heterocycles. The van der Waals surface area contributed by atoms with Gasteiger partial charge in [0.25, 0.3) is 0 Å².